The Morgan fingerprint density at radius 1 is 1.50 bits per heavy atom. The van der Waals surface area contributed by atoms with Crippen LogP contribution >= 0.6 is 15.9 Å². The lowest BCUT2D eigenvalue weighted by molar-refractivity contribution is 0.366. The van der Waals surface area contributed by atoms with Gasteiger partial charge in [0.1, 0.15) is 0 Å². The van der Waals surface area contributed by atoms with E-state index in [2.05, 4.69) is 15.9 Å². The van der Waals surface area contributed by atoms with Crippen LogP contribution in [0.2, 0.25) is 0 Å². The molecule has 0 aliphatic rings. The topological polar surface area (TPSA) is 55.5 Å². The predicted octanol–water partition coefficient (Wildman–Crippen LogP) is 2.75. The van der Waals surface area contributed by atoms with E-state index in [4.69, 9.17) is 10.5 Å². The highest BCUT2D eigenvalue weighted by atomic mass is 79.9. The molecule has 0 saturated carbocycles. The molecule has 3 N–H and O–H groups in total. The van der Waals surface area contributed by atoms with Crippen LogP contribution < -0.4 is 10.5 Å². The first-order valence-corrected chi connectivity index (χ1v) is 5.89. The average Bonchev–Trinajstić information content (AvgIpc) is 2.17. The minimum Gasteiger partial charge on any atom is -0.504 e. The van der Waals surface area contributed by atoms with E-state index >= 15 is 0 Å². The van der Waals surface area contributed by atoms with E-state index in [-0.39, 0.29) is 11.3 Å². The summed E-state index contributed by atoms with van der Waals surface area (Å²) in [6.45, 7) is 5.81. The number of phenolic OH excluding ortho intramolecular Hbond substituents is 1. The molecule has 0 amide bonds. The summed E-state index contributed by atoms with van der Waals surface area (Å²) >= 11 is 3.48. The molecule has 0 aliphatic carbocycles. The molecule has 4 heteroatoms. The Labute approximate surface area is 105 Å². The van der Waals surface area contributed by atoms with Crippen molar-refractivity contribution in [1.82, 2.24) is 0 Å². The van der Waals surface area contributed by atoms with Crippen molar-refractivity contribution in [2.75, 3.05) is 7.11 Å². The molecule has 1 aromatic rings. The van der Waals surface area contributed by atoms with Gasteiger partial charge in [0.05, 0.1) is 7.11 Å². The van der Waals surface area contributed by atoms with Crippen LogP contribution in [0, 0.1) is 6.92 Å². The van der Waals surface area contributed by atoms with E-state index in [1.54, 1.807) is 13.2 Å². The lowest BCUT2D eigenvalue weighted by Gasteiger charge is -2.21. The summed E-state index contributed by atoms with van der Waals surface area (Å²) in [5.74, 6) is 0.651. The van der Waals surface area contributed by atoms with Crippen LogP contribution in [-0.4, -0.2) is 17.8 Å². The Balaban J connectivity index is 3.30. The molecular formula is C12H18BrNO2. The minimum atomic E-state index is -0.376. The van der Waals surface area contributed by atoms with Gasteiger partial charge in [0.25, 0.3) is 0 Å². The summed E-state index contributed by atoms with van der Waals surface area (Å²) in [4.78, 5) is 0. The van der Waals surface area contributed by atoms with Crippen LogP contribution in [0.15, 0.2) is 10.5 Å². The molecule has 90 valence electrons. The molecule has 1 rings (SSSR count). The molecule has 0 radical (unpaired) electrons. The van der Waals surface area contributed by atoms with Gasteiger partial charge < -0.3 is 15.6 Å². The van der Waals surface area contributed by atoms with Crippen LogP contribution in [0.3, 0.4) is 0 Å². The Hall–Kier alpha value is -0.740. The fourth-order valence-electron chi connectivity index (χ4n) is 1.59. The normalized spacial score (nSPS) is 11.6. The number of nitrogens with two attached hydrogens (primary N) is 1. The van der Waals surface area contributed by atoms with Gasteiger partial charge in [-0.15, -0.1) is 0 Å². The maximum Gasteiger partial charge on any atom is 0.162 e. The summed E-state index contributed by atoms with van der Waals surface area (Å²) in [7, 11) is 1.54. The quantitative estimate of drug-likeness (QED) is 0.899. The Kier molecular flexibility index (Phi) is 3.86. The molecule has 3 nitrogen and oxygen atoms in total. The fourth-order valence-corrected chi connectivity index (χ4v) is 2.03. The smallest absolute Gasteiger partial charge is 0.162 e. The van der Waals surface area contributed by atoms with Crippen molar-refractivity contribution in [3.05, 3.63) is 21.7 Å². The number of aryl methyl sites for hydroxylation is 1. The number of aromatic hydroxyl groups is 1. The predicted molar refractivity (Wildman–Crippen MR) is 69.1 cm³/mol. The number of ether oxygens (including phenoxy) is 1. The molecule has 16 heavy (non-hydrogen) atoms. The van der Waals surface area contributed by atoms with Crippen molar-refractivity contribution in [3.8, 4) is 11.5 Å². The molecule has 0 fully saturated rings. The highest BCUT2D eigenvalue weighted by molar-refractivity contribution is 9.10. The van der Waals surface area contributed by atoms with E-state index in [1.807, 2.05) is 20.8 Å². The van der Waals surface area contributed by atoms with E-state index in [0.717, 1.165) is 15.6 Å². The SMILES string of the molecule is COc1cc(C)c(Br)c(CC(C)(C)N)c1O. The Morgan fingerprint density at radius 2 is 2.06 bits per heavy atom. The largest absolute Gasteiger partial charge is 0.504 e. The highest BCUT2D eigenvalue weighted by Gasteiger charge is 2.20. The van der Waals surface area contributed by atoms with Crippen molar-refractivity contribution >= 4 is 15.9 Å². The number of hydrogen-bond acceptors (Lipinski definition) is 3. The van der Waals surface area contributed by atoms with Gasteiger partial charge in [-0.25, -0.2) is 0 Å². The highest BCUT2D eigenvalue weighted by Crippen LogP contribution is 2.39. The number of phenols is 1. The summed E-state index contributed by atoms with van der Waals surface area (Å²) in [5.41, 5.74) is 7.42. The van der Waals surface area contributed by atoms with Gasteiger partial charge in [0, 0.05) is 15.6 Å². The Bertz CT molecular complexity index is 397. The number of halogens is 1. The molecular weight excluding hydrogens is 270 g/mol. The van der Waals surface area contributed by atoms with Crippen LogP contribution in [0.25, 0.3) is 0 Å². The Morgan fingerprint density at radius 3 is 2.50 bits per heavy atom. The van der Waals surface area contributed by atoms with Crippen molar-refractivity contribution in [1.29, 1.82) is 0 Å². The fraction of sp³-hybridized carbons (Fsp3) is 0.500. The van der Waals surface area contributed by atoms with Crippen molar-refractivity contribution in [2.24, 2.45) is 5.73 Å². The first-order chi connectivity index (χ1) is 7.26. The summed E-state index contributed by atoms with van der Waals surface area (Å²) in [6.07, 6.45) is 0.581. The average molecular weight is 288 g/mol. The molecule has 0 heterocycles. The molecule has 0 saturated heterocycles. The van der Waals surface area contributed by atoms with Crippen LogP contribution in [0.4, 0.5) is 0 Å². The van der Waals surface area contributed by atoms with Crippen molar-refractivity contribution in [3.63, 3.8) is 0 Å². The van der Waals surface area contributed by atoms with Gasteiger partial charge >= 0.3 is 0 Å². The number of methoxy groups -OCH3 is 1. The van der Waals surface area contributed by atoms with Crippen LogP contribution in [0.1, 0.15) is 25.0 Å². The molecule has 0 aromatic heterocycles. The number of hydrogen-bond donors (Lipinski definition) is 2. The molecule has 1 aromatic carbocycles. The van der Waals surface area contributed by atoms with Gasteiger partial charge in [0.2, 0.25) is 0 Å². The second-order valence-electron chi connectivity index (χ2n) is 4.70. The van der Waals surface area contributed by atoms with Gasteiger partial charge in [-0.1, -0.05) is 15.9 Å². The summed E-state index contributed by atoms with van der Waals surface area (Å²) in [6, 6.07) is 1.80. The number of rotatable bonds is 3. The lowest BCUT2D eigenvalue weighted by atomic mass is 9.94. The third-order valence-electron chi connectivity index (χ3n) is 2.33. The van der Waals surface area contributed by atoms with E-state index in [1.165, 1.54) is 0 Å². The van der Waals surface area contributed by atoms with E-state index in [9.17, 15) is 5.11 Å². The standard InChI is InChI=1S/C12H18BrNO2/c1-7-5-9(16-4)11(15)8(10(7)13)6-12(2,3)14/h5,15H,6,14H2,1-4H3. The van der Waals surface area contributed by atoms with Crippen molar-refractivity contribution < 1.29 is 9.84 Å². The third-order valence-corrected chi connectivity index (χ3v) is 3.43. The van der Waals surface area contributed by atoms with Crippen molar-refractivity contribution in [2.45, 2.75) is 32.7 Å². The maximum absolute atomic E-state index is 10.0. The zero-order valence-corrected chi connectivity index (χ0v) is 11.7. The monoisotopic (exact) mass is 287 g/mol. The third kappa shape index (κ3) is 2.89. The molecule has 0 unspecified atom stereocenters. The minimum absolute atomic E-state index is 0.165. The van der Waals surface area contributed by atoms with E-state index in [0.29, 0.717) is 12.2 Å². The molecule has 0 atom stereocenters. The van der Waals surface area contributed by atoms with Gasteiger partial charge in [-0.05, 0) is 38.8 Å². The number of benzene rings is 1. The van der Waals surface area contributed by atoms with Gasteiger partial charge in [0.15, 0.2) is 11.5 Å². The second-order valence-corrected chi connectivity index (χ2v) is 5.50. The first-order valence-electron chi connectivity index (χ1n) is 5.10. The lowest BCUT2D eigenvalue weighted by Crippen LogP contribution is -2.34. The second kappa shape index (κ2) is 4.63. The maximum atomic E-state index is 10.0. The van der Waals surface area contributed by atoms with Gasteiger partial charge in [-0.2, -0.15) is 0 Å². The summed E-state index contributed by atoms with van der Waals surface area (Å²) in [5, 5.41) is 10.0. The van der Waals surface area contributed by atoms with Crippen LogP contribution in [-0.2, 0) is 6.42 Å². The molecule has 0 bridgehead atoms. The van der Waals surface area contributed by atoms with Crippen LogP contribution in [0.5, 0.6) is 11.5 Å². The van der Waals surface area contributed by atoms with E-state index < -0.39 is 0 Å². The molecule has 0 aliphatic heterocycles. The summed E-state index contributed by atoms with van der Waals surface area (Å²) < 4.78 is 6.02. The zero-order chi connectivity index (χ0) is 12.5. The zero-order valence-electron chi connectivity index (χ0n) is 10.1. The van der Waals surface area contributed by atoms with Gasteiger partial charge in [-0.3, -0.25) is 0 Å². The molecule has 0 spiro atoms. The first kappa shape index (κ1) is 13.3.